The minimum absolute atomic E-state index is 0.0753. The molecule has 0 saturated heterocycles. The van der Waals surface area contributed by atoms with E-state index in [1.54, 1.807) is 0 Å². The fourth-order valence-corrected chi connectivity index (χ4v) is 14.1. The van der Waals surface area contributed by atoms with Crippen molar-refractivity contribution in [1.29, 1.82) is 0 Å². The summed E-state index contributed by atoms with van der Waals surface area (Å²) < 4.78 is 0. The summed E-state index contributed by atoms with van der Waals surface area (Å²) in [5.74, 6) is 0. The molecular formula is C73H48BNS. The lowest BCUT2D eigenvalue weighted by molar-refractivity contribution is 0.766. The highest BCUT2D eigenvalue weighted by atomic mass is 32.2. The zero-order valence-electron chi connectivity index (χ0n) is 41.6. The van der Waals surface area contributed by atoms with E-state index in [0.29, 0.717) is 0 Å². The monoisotopic (exact) mass is 981 g/mol. The van der Waals surface area contributed by atoms with Crippen LogP contribution in [0.5, 0.6) is 0 Å². The lowest BCUT2D eigenvalue weighted by Gasteiger charge is -2.42. The minimum Gasteiger partial charge on any atom is -0.311 e. The first-order valence-electron chi connectivity index (χ1n) is 26.3. The second-order valence-corrected chi connectivity index (χ2v) is 21.3. The molecule has 0 unspecified atom stereocenters. The van der Waals surface area contributed by atoms with Crippen LogP contribution in [0, 0.1) is 0 Å². The van der Waals surface area contributed by atoms with Gasteiger partial charge in [0, 0.05) is 26.9 Å². The summed E-state index contributed by atoms with van der Waals surface area (Å²) in [5.41, 5.74) is 26.7. The second kappa shape index (κ2) is 18.1. The average Bonchev–Trinajstić information content (AvgIpc) is 3.82. The quantitative estimate of drug-likeness (QED) is 0.140. The maximum absolute atomic E-state index is 2.58. The van der Waals surface area contributed by atoms with Crippen molar-refractivity contribution in [1.82, 2.24) is 0 Å². The first-order valence-corrected chi connectivity index (χ1v) is 27.2. The number of benzene rings is 12. The first kappa shape index (κ1) is 44.4. The number of nitrogens with zero attached hydrogens (tertiary/aromatic N) is 1. The maximum atomic E-state index is 2.58. The Morgan fingerprint density at radius 2 is 0.724 bits per heavy atom. The Bertz CT molecular complexity index is 4150. The Labute approximate surface area is 449 Å². The van der Waals surface area contributed by atoms with E-state index in [-0.39, 0.29) is 6.71 Å². The molecule has 1 nitrogen and oxygen atoms in total. The molecule has 15 rings (SSSR count). The van der Waals surface area contributed by atoms with Gasteiger partial charge in [-0.1, -0.05) is 272 Å². The molecule has 76 heavy (non-hydrogen) atoms. The molecule has 0 radical (unpaired) electrons. The summed E-state index contributed by atoms with van der Waals surface area (Å²) in [6.07, 6.45) is 0. The third kappa shape index (κ3) is 6.96. The van der Waals surface area contributed by atoms with Crippen LogP contribution < -0.4 is 21.3 Å². The Kier molecular flexibility index (Phi) is 10.5. The SMILES string of the molecule is c1ccc(-c2ccc(N3c4ccc(-c5ccccc5-c5ccccc5)cc4B4c5cc(-c6ccccc6-c6ccccc6)ccc5Sc5cc(C6(c7ccccc7)c7ccccc7-c7ccccc76)cc3c54)cc2)cc1. The minimum atomic E-state index is -0.588. The molecule has 2 aliphatic heterocycles. The summed E-state index contributed by atoms with van der Waals surface area (Å²) in [6, 6.07) is 109. The van der Waals surface area contributed by atoms with Crippen molar-refractivity contribution in [2.75, 3.05) is 4.90 Å². The van der Waals surface area contributed by atoms with Crippen LogP contribution in [0.1, 0.15) is 22.3 Å². The van der Waals surface area contributed by atoms with Crippen molar-refractivity contribution in [3.05, 3.63) is 313 Å². The molecule has 1 aliphatic carbocycles. The average molecular weight is 982 g/mol. The van der Waals surface area contributed by atoms with Gasteiger partial charge in [-0.2, -0.15) is 0 Å². The zero-order chi connectivity index (χ0) is 50.2. The lowest BCUT2D eigenvalue weighted by Crippen LogP contribution is -2.60. The molecule has 0 fully saturated rings. The molecular weight excluding hydrogens is 934 g/mol. The van der Waals surface area contributed by atoms with Crippen LogP contribution in [0.25, 0.3) is 66.8 Å². The highest BCUT2D eigenvalue weighted by Crippen LogP contribution is 2.58. The normalized spacial score (nSPS) is 13.3. The third-order valence-corrected chi connectivity index (χ3v) is 17.4. The first-order chi connectivity index (χ1) is 37.7. The summed E-state index contributed by atoms with van der Waals surface area (Å²) in [6.45, 7) is -0.0753. The second-order valence-electron chi connectivity index (χ2n) is 20.2. The van der Waals surface area contributed by atoms with Gasteiger partial charge in [-0.3, -0.25) is 0 Å². The van der Waals surface area contributed by atoms with Gasteiger partial charge in [-0.05, 0) is 136 Å². The number of fused-ring (bicyclic) bond motifs is 7. The fraction of sp³-hybridized carbons (Fsp3) is 0.0137. The molecule has 0 spiro atoms. The molecule has 0 N–H and O–H groups in total. The Hall–Kier alpha value is -9.15. The molecule has 12 aromatic rings. The van der Waals surface area contributed by atoms with Gasteiger partial charge in [0.1, 0.15) is 0 Å². The van der Waals surface area contributed by atoms with Crippen LogP contribution >= 0.6 is 11.8 Å². The van der Waals surface area contributed by atoms with Crippen LogP contribution in [0.2, 0.25) is 0 Å². The third-order valence-electron chi connectivity index (χ3n) is 16.2. The molecule has 0 bridgehead atoms. The highest BCUT2D eigenvalue weighted by molar-refractivity contribution is 8.00. The summed E-state index contributed by atoms with van der Waals surface area (Å²) in [4.78, 5) is 5.15. The van der Waals surface area contributed by atoms with E-state index >= 15 is 0 Å². The van der Waals surface area contributed by atoms with Gasteiger partial charge in [0.15, 0.2) is 0 Å². The van der Waals surface area contributed by atoms with Crippen molar-refractivity contribution in [2.24, 2.45) is 0 Å². The summed E-state index contributed by atoms with van der Waals surface area (Å²) >= 11 is 1.93. The maximum Gasteiger partial charge on any atom is 0.249 e. The van der Waals surface area contributed by atoms with E-state index < -0.39 is 5.41 Å². The molecule has 354 valence electrons. The Balaban J connectivity index is 1.02. The number of anilines is 3. The fourth-order valence-electron chi connectivity index (χ4n) is 12.9. The van der Waals surface area contributed by atoms with Gasteiger partial charge in [0.25, 0.3) is 0 Å². The number of rotatable bonds is 8. The molecule has 12 aromatic carbocycles. The van der Waals surface area contributed by atoms with Crippen LogP contribution in [-0.2, 0) is 5.41 Å². The van der Waals surface area contributed by atoms with Crippen molar-refractivity contribution >= 4 is 51.9 Å². The molecule has 3 heteroatoms. The largest absolute Gasteiger partial charge is 0.311 e. The molecule has 2 heterocycles. The Morgan fingerprint density at radius 3 is 1.29 bits per heavy atom. The summed E-state index contributed by atoms with van der Waals surface area (Å²) in [7, 11) is 0. The van der Waals surface area contributed by atoms with Crippen LogP contribution in [0.15, 0.2) is 301 Å². The number of hydrogen-bond donors (Lipinski definition) is 0. The van der Waals surface area contributed by atoms with E-state index in [9.17, 15) is 0 Å². The predicted octanol–water partition coefficient (Wildman–Crippen LogP) is 17.1. The Morgan fingerprint density at radius 1 is 0.289 bits per heavy atom. The van der Waals surface area contributed by atoms with Gasteiger partial charge < -0.3 is 4.90 Å². The van der Waals surface area contributed by atoms with Crippen molar-refractivity contribution in [2.45, 2.75) is 15.2 Å². The van der Waals surface area contributed by atoms with E-state index in [2.05, 4.69) is 296 Å². The molecule has 0 aromatic heterocycles. The van der Waals surface area contributed by atoms with Gasteiger partial charge in [-0.25, -0.2) is 0 Å². The van der Waals surface area contributed by atoms with E-state index in [4.69, 9.17) is 0 Å². The zero-order valence-corrected chi connectivity index (χ0v) is 42.5. The van der Waals surface area contributed by atoms with Gasteiger partial charge in [0.05, 0.1) is 5.41 Å². The molecule has 0 amide bonds. The van der Waals surface area contributed by atoms with Crippen molar-refractivity contribution in [3.63, 3.8) is 0 Å². The summed E-state index contributed by atoms with van der Waals surface area (Å²) in [5, 5.41) is 0. The van der Waals surface area contributed by atoms with Gasteiger partial charge >= 0.3 is 0 Å². The van der Waals surface area contributed by atoms with Crippen LogP contribution in [0.4, 0.5) is 17.1 Å². The van der Waals surface area contributed by atoms with E-state index in [1.165, 1.54) is 127 Å². The van der Waals surface area contributed by atoms with Crippen LogP contribution in [0.3, 0.4) is 0 Å². The lowest BCUT2D eigenvalue weighted by atomic mass is 9.34. The van der Waals surface area contributed by atoms with Crippen LogP contribution in [-0.4, -0.2) is 6.71 Å². The number of hydrogen-bond acceptors (Lipinski definition) is 2. The standard InChI is InChI=1S/C73H48BNS/c1-5-21-49(22-6-1)50-37-41-57(42-38-50)75-68-43-39-53(60-31-15-13-29-58(60)51-23-7-2-8-24-51)45-66(68)74-67-46-54(61-32-16-14-30-59(61)52-25-9-3-10-26-52)40-44-70(67)76-71-48-56(47-69(75)72(71)74)73(55-27-11-4-12-28-55)64-35-19-17-33-62(64)63-34-18-20-36-65(63)73/h1-48H. The van der Waals surface area contributed by atoms with E-state index in [1.807, 2.05) is 11.8 Å². The van der Waals surface area contributed by atoms with Gasteiger partial charge in [0.2, 0.25) is 6.71 Å². The van der Waals surface area contributed by atoms with Crippen molar-refractivity contribution in [3.8, 4) is 66.8 Å². The topological polar surface area (TPSA) is 3.24 Å². The molecule has 0 saturated carbocycles. The predicted molar refractivity (Wildman–Crippen MR) is 321 cm³/mol. The smallest absolute Gasteiger partial charge is 0.249 e. The highest BCUT2D eigenvalue weighted by Gasteiger charge is 2.49. The van der Waals surface area contributed by atoms with Crippen molar-refractivity contribution < 1.29 is 0 Å². The molecule has 0 atom stereocenters. The van der Waals surface area contributed by atoms with Gasteiger partial charge in [-0.15, -0.1) is 0 Å². The van der Waals surface area contributed by atoms with E-state index in [0.717, 1.165) is 5.69 Å². The molecule has 3 aliphatic rings.